The molecule has 0 fully saturated rings. The summed E-state index contributed by atoms with van der Waals surface area (Å²) in [5, 5.41) is 0. The second-order valence-corrected chi connectivity index (χ2v) is 3.84. The minimum absolute atomic E-state index is 0.279. The summed E-state index contributed by atoms with van der Waals surface area (Å²) in [6.07, 6.45) is 4.95. The molecule has 0 bridgehead atoms. The molecular weight excluding hydrogens is 214 g/mol. The molecule has 1 heterocycles. The predicted molar refractivity (Wildman–Crippen MR) is 65.8 cm³/mol. The summed E-state index contributed by atoms with van der Waals surface area (Å²) in [6, 6.07) is 5.63. The molecule has 0 saturated carbocycles. The topological polar surface area (TPSA) is 61.0 Å². The van der Waals surface area contributed by atoms with Crippen molar-refractivity contribution in [3.05, 3.63) is 53.6 Å². The van der Waals surface area contributed by atoms with E-state index in [1.807, 2.05) is 25.1 Å². The summed E-state index contributed by atoms with van der Waals surface area (Å²) in [4.78, 5) is 8.22. The fourth-order valence-electron chi connectivity index (χ4n) is 1.67. The van der Waals surface area contributed by atoms with Gasteiger partial charge in [0.15, 0.2) is 0 Å². The van der Waals surface area contributed by atoms with Gasteiger partial charge in [-0.05, 0) is 24.1 Å². The molecule has 4 heteroatoms. The molecule has 0 aliphatic rings. The lowest BCUT2D eigenvalue weighted by Crippen LogP contribution is -2.13. The summed E-state index contributed by atoms with van der Waals surface area (Å²) >= 11 is 0. The second-order valence-electron chi connectivity index (χ2n) is 3.84. The van der Waals surface area contributed by atoms with Crippen LogP contribution in [0.1, 0.15) is 22.9 Å². The fourth-order valence-corrected chi connectivity index (χ4v) is 1.67. The molecule has 88 valence electrons. The van der Waals surface area contributed by atoms with Crippen LogP contribution in [0, 0.1) is 6.92 Å². The Balaban J connectivity index is 2.34. The van der Waals surface area contributed by atoms with Crippen molar-refractivity contribution in [1.29, 1.82) is 0 Å². The third-order valence-electron chi connectivity index (χ3n) is 2.69. The molecule has 2 aromatic rings. The third-order valence-corrected chi connectivity index (χ3v) is 2.69. The molecule has 0 aliphatic heterocycles. The SMILES string of the molecule is COc1cc(C(N)c2cnccn2)ccc1C. The van der Waals surface area contributed by atoms with Crippen molar-refractivity contribution in [1.82, 2.24) is 9.97 Å². The molecule has 1 aromatic heterocycles. The van der Waals surface area contributed by atoms with Crippen molar-refractivity contribution >= 4 is 0 Å². The zero-order chi connectivity index (χ0) is 12.3. The van der Waals surface area contributed by atoms with Gasteiger partial charge in [0.1, 0.15) is 5.75 Å². The molecule has 0 spiro atoms. The van der Waals surface area contributed by atoms with Crippen LogP contribution < -0.4 is 10.5 Å². The maximum Gasteiger partial charge on any atom is 0.122 e. The van der Waals surface area contributed by atoms with Gasteiger partial charge in [-0.25, -0.2) is 0 Å². The molecule has 1 atom stereocenters. The highest BCUT2D eigenvalue weighted by molar-refractivity contribution is 5.39. The molecule has 0 saturated heterocycles. The van der Waals surface area contributed by atoms with E-state index in [0.29, 0.717) is 0 Å². The first-order valence-corrected chi connectivity index (χ1v) is 5.38. The molecular formula is C13H15N3O. The van der Waals surface area contributed by atoms with Gasteiger partial charge in [0, 0.05) is 12.4 Å². The highest BCUT2D eigenvalue weighted by Gasteiger charge is 2.11. The van der Waals surface area contributed by atoms with Crippen LogP contribution >= 0.6 is 0 Å². The highest BCUT2D eigenvalue weighted by Crippen LogP contribution is 2.24. The Bertz CT molecular complexity index is 499. The molecule has 2 N–H and O–H groups in total. The Kier molecular flexibility index (Phi) is 3.35. The van der Waals surface area contributed by atoms with Gasteiger partial charge in [0.2, 0.25) is 0 Å². The first-order chi connectivity index (χ1) is 8.22. The minimum atomic E-state index is -0.279. The maximum atomic E-state index is 6.13. The first-order valence-electron chi connectivity index (χ1n) is 5.38. The molecule has 17 heavy (non-hydrogen) atoms. The Morgan fingerprint density at radius 1 is 1.29 bits per heavy atom. The van der Waals surface area contributed by atoms with Crippen molar-refractivity contribution in [3.63, 3.8) is 0 Å². The standard InChI is InChI=1S/C13H15N3O/c1-9-3-4-10(7-12(9)17-2)13(14)11-8-15-5-6-16-11/h3-8,13H,14H2,1-2H3. The zero-order valence-corrected chi connectivity index (χ0v) is 9.92. The van der Waals surface area contributed by atoms with Crippen molar-refractivity contribution in [3.8, 4) is 5.75 Å². The summed E-state index contributed by atoms with van der Waals surface area (Å²) < 4.78 is 5.28. The summed E-state index contributed by atoms with van der Waals surface area (Å²) in [7, 11) is 1.65. The normalized spacial score (nSPS) is 12.2. The number of hydrogen-bond donors (Lipinski definition) is 1. The van der Waals surface area contributed by atoms with E-state index in [0.717, 1.165) is 22.6 Å². The second kappa shape index (κ2) is 4.93. The van der Waals surface area contributed by atoms with Crippen LogP contribution in [0.2, 0.25) is 0 Å². The van der Waals surface area contributed by atoms with Gasteiger partial charge in [-0.15, -0.1) is 0 Å². The van der Waals surface area contributed by atoms with Crippen molar-refractivity contribution in [2.24, 2.45) is 5.73 Å². The van der Waals surface area contributed by atoms with Gasteiger partial charge in [0.25, 0.3) is 0 Å². The lowest BCUT2D eigenvalue weighted by atomic mass is 10.0. The van der Waals surface area contributed by atoms with Gasteiger partial charge in [-0.1, -0.05) is 12.1 Å². The average molecular weight is 229 g/mol. The summed E-state index contributed by atoms with van der Waals surface area (Å²) in [5.74, 6) is 0.835. The van der Waals surface area contributed by atoms with Crippen LogP contribution in [0.5, 0.6) is 5.75 Å². The smallest absolute Gasteiger partial charge is 0.122 e. The van der Waals surface area contributed by atoms with Crippen LogP contribution in [-0.2, 0) is 0 Å². The average Bonchev–Trinajstić information content (AvgIpc) is 2.39. The maximum absolute atomic E-state index is 6.13. The van der Waals surface area contributed by atoms with E-state index in [9.17, 15) is 0 Å². The van der Waals surface area contributed by atoms with Crippen molar-refractivity contribution in [2.45, 2.75) is 13.0 Å². The Labute approximate surface area is 100 Å². The fraction of sp³-hybridized carbons (Fsp3) is 0.231. The van der Waals surface area contributed by atoms with Crippen LogP contribution in [-0.4, -0.2) is 17.1 Å². The molecule has 0 aliphatic carbocycles. The van der Waals surface area contributed by atoms with Crippen LogP contribution in [0.4, 0.5) is 0 Å². The van der Waals surface area contributed by atoms with E-state index < -0.39 is 0 Å². The molecule has 4 nitrogen and oxygen atoms in total. The number of ether oxygens (including phenoxy) is 1. The number of aromatic nitrogens is 2. The minimum Gasteiger partial charge on any atom is -0.496 e. The lowest BCUT2D eigenvalue weighted by molar-refractivity contribution is 0.411. The van der Waals surface area contributed by atoms with E-state index in [1.165, 1.54) is 0 Å². The van der Waals surface area contributed by atoms with E-state index in [4.69, 9.17) is 10.5 Å². The van der Waals surface area contributed by atoms with Crippen LogP contribution in [0.3, 0.4) is 0 Å². The molecule has 1 unspecified atom stereocenters. The number of nitrogens with two attached hydrogens (primary N) is 1. The van der Waals surface area contributed by atoms with E-state index in [1.54, 1.807) is 25.7 Å². The largest absolute Gasteiger partial charge is 0.496 e. The van der Waals surface area contributed by atoms with Gasteiger partial charge < -0.3 is 10.5 Å². The Morgan fingerprint density at radius 3 is 2.76 bits per heavy atom. The van der Waals surface area contributed by atoms with Gasteiger partial charge in [-0.3, -0.25) is 9.97 Å². The van der Waals surface area contributed by atoms with Gasteiger partial charge in [0.05, 0.1) is 25.0 Å². The summed E-state index contributed by atoms with van der Waals surface area (Å²) in [6.45, 7) is 2.00. The number of aryl methyl sites for hydroxylation is 1. The third kappa shape index (κ3) is 2.42. The van der Waals surface area contributed by atoms with E-state index in [-0.39, 0.29) is 6.04 Å². The molecule has 0 radical (unpaired) electrons. The van der Waals surface area contributed by atoms with Crippen molar-refractivity contribution < 1.29 is 4.74 Å². The number of rotatable bonds is 3. The van der Waals surface area contributed by atoms with Gasteiger partial charge >= 0.3 is 0 Å². The summed E-state index contributed by atoms with van der Waals surface area (Å²) in [5.41, 5.74) is 8.93. The van der Waals surface area contributed by atoms with Crippen molar-refractivity contribution in [2.75, 3.05) is 7.11 Å². The van der Waals surface area contributed by atoms with E-state index in [2.05, 4.69) is 9.97 Å². The Morgan fingerprint density at radius 2 is 2.12 bits per heavy atom. The number of nitrogens with zero attached hydrogens (tertiary/aromatic N) is 2. The monoisotopic (exact) mass is 229 g/mol. The number of methoxy groups -OCH3 is 1. The highest BCUT2D eigenvalue weighted by atomic mass is 16.5. The molecule has 0 amide bonds. The van der Waals surface area contributed by atoms with E-state index >= 15 is 0 Å². The van der Waals surface area contributed by atoms with Crippen LogP contribution in [0.25, 0.3) is 0 Å². The zero-order valence-electron chi connectivity index (χ0n) is 9.92. The number of hydrogen-bond acceptors (Lipinski definition) is 4. The first kappa shape index (κ1) is 11.5. The predicted octanol–water partition coefficient (Wildman–Crippen LogP) is 1.84. The quantitative estimate of drug-likeness (QED) is 0.872. The Hall–Kier alpha value is -1.94. The van der Waals surface area contributed by atoms with Gasteiger partial charge in [-0.2, -0.15) is 0 Å². The number of benzene rings is 1. The van der Waals surface area contributed by atoms with Crippen LogP contribution in [0.15, 0.2) is 36.8 Å². The molecule has 1 aromatic carbocycles. The lowest BCUT2D eigenvalue weighted by Gasteiger charge is -2.13. The molecule has 2 rings (SSSR count).